The summed E-state index contributed by atoms with van der Waals surface area (Å²) in [6, 6.07) is 6.76. The highest BCUT2D eigenvalue weighted by atomic mass is 32.2. The summed E-state index contributed by atoms with van der Waals surface area (Å²) in [5.74, 6) is 0.635. The quantitative estimate of drug-likeness (QED) is 0.665. The maximum atomic E-state index is 13.0. The summed E-state index contributed by atoms with van der Waals surface area (Å²) in [5, 5.41) is 4.25. The summed E-state index contributed by atoms with van der Waals surface area (Å²) < 4.78 is 44.6. The minimum absolute atomic E-state index is 0.0198. The molecule has 0 saturated heterocycles. The van der Waals surface area contributed by atoms with E-state index in [9.17, 15) is 8.42 Å². The van der Waals surface area contributed by atoms with Gasteiger partial charge in [0.1, 0.15) is 16.0 Å². The topological polar surface area (TPSA) is 107 Å². The molecule has 0 bridgehead atoms. The molecule has 3 heterocycles. The zero-order valence-electron chi connectivity index (χ0n) is 15.7. The number of hydrogen-bond acceptors (Lipinski definition) is 8. The summed E-state index contributed by atoms with van der Waals surface area (Å²) in [7, 11) is 1.35. The van der Waals surface area contributed by atoms with Crippen LogP contribution in [0.25, 0.3) is 11.0 Å². The van der Waals surface area contributed by atoms with Crippen molar-refractivity contribution in [2.45, 2.75) is 17.9 Å². The minimum atomic E-state index is -3.94. The molecule has 0 aliphatic carbocycles. The van der Waals surface area contributed by atoms with Crippen molar-refractivity contribution in [2.75, 3.05) is 32.5 Å². The van der Waals surface area contributed by atoms with Crippen LogP contribution in [0, 0.1) is 0 Å². The third-order valence-electron chi connectivity index (χ3n) is 4.35. The Morgan fingerprint density at radius 1 is 1.32 bits per heavy atom. The normalized spacial score (nSPS) is 13.6. The van der Waals surface area contributed by atoms with Crippen LogP contribution in [0.4, 0.5) is 5.82 Å². The van der Waals surface area contributed by atoms with Gasteiger partial charge in [-0.1, -0.05) is 17.3 Å². The third-order valence-corrected chi connectivity index (χ3v) is 5.71. The van der Waals surface area contributed by atoms with E-state index >= 15 is 0 Å². The average molecular weight is 404 g/mol. The van der Waals surface area contributed by atoms with Crippen molar-refractivity contribution in [3.8, 4) is 11.6 Å². The first-order chi connectivity index (χ1) is 13.4. The Kier molecular flexibility index (Phi) is 4.60. The number of pyridine rings is 1. The van der Waals surface area contributed by atoms with Gasteiger partial charge in [-0.25, -0.2) is 13.4 Å². The molecule has 9 nitrogen and oxygen atoms in total. The van der Waals surface area contributed by atoms with Gasteiger partial charge in [0.2, 0.25) is 5.88 Å². The molecule has 1 N–H and O–H groups in total. The number of fused-ring (bicyclic) bond motifs is 2. The number of nitrogens with zero attached hydrogens (tertiary/aromatic N) is 3. The number of sulfonamides is 1. The van der Waals surface area contributed by atoms with E-state index in [0.29, 0.717) is 42.0 Å². The van der Waals surface area contributed by atoms with E-state index in [1.165, 1.54) is 13.2 Å². The molecule has 1 aliphatic rings. The highest BCUT2D eigenvalue weighted by Gasteiger charge is 2.28. The van der Waals surface area contributed by atoms with Crippen molar-refractivity contribution >= 4 is 26.8 Å². The highest BCUT2D eigenvalue weighted by molar-refractivity contribution is 7.92. The van der Waals surface area contributed by atoms with E-state index in [0.717, 1.165) is 5.56 Å². The first-order valence-electron chi connectivity index (χ1n) is 8.64. The highest BCUT2D eigenvalue weighted by Crippen LogP contribution is 2.36. The number of para-hydroxylation sites is 1. The number of methoxy groups -OCH3 is 1. The summed E-state index contributed by atoms with van der Waals surface area (Å²) in [4.78, 5) is 6.44. The van der Waals surface area contributed by atoms with Crippen LogP contribution in [0.3, 0.4) is 0 Å². The molecular formula is C18H20N4O5S. The lowest BCUT2D eigenvalue weighted by atomic mass is 10.2. The molecule has 28 heavy (non-hydrogen) atoms. The number of ether oxygens (including phenoxy) is 2. The SMILES string of the molecule is COc1nc(CN(C)C)cc2onc(NS(=O)(=O)c3cccc4c3OCC4)c12. The first kappa shape index (κ1) is 18.5. The molecular weight excluding hydrogens is 384 g/mol. The fraction of sp³-hybridized carbons (Fsp3) is 0.333. The van der Waals surface area contributed by atoms with Gasteiger partial charge in [0, 0.05) is 19.0 Å². The molecule has 1 aromatic carbocycles. The van der Waals surface area contributed by atoms with Crippen molar-refractivity contribution in [3.05, 3.63) is 35.5 Å². The van der Waals surface area contributed by atoms with Crippen LogP contribution in [0.15, 0.2) is 33.7 Å². The number of anilines is 1. The Labute approximate surface area is 162 Å². The van der Waals surface area contributed by atoms with E-state index in [2.05, 4.69) is 14.9 Å². The van der Waals surface area contributed by atoms with E-state index in [1.54, 1.807) is 12.1 Å². The Hall–Kier alpha value is -2.85. The van der Waals surface area contributed by atoms with Gasteiger partial charge >= 0.3 is 0 Å². The van der Waals surface area contributed by atoms with Gasteiger partial charge in [-0.3, -0.25) is 4.72 Å². The van der Waals surface area contributed by atoms with Crippen LogP contribution >= 0.6 is 0 Å². The van der Waals surface area contributed by atoms with Crippen molar-refractivity contribution in [1.29, 1.82) is 0 Å². The summed E-state index contributed by atoms with van der Waals surface area (Å²) in [6.45, 7) is 1.03. The Bertz CT molecular complexity index is 1140. The van der Waals surface area contributed by atoms with Gasteiger partial charge in [0.15, 0.2) is 11.4 Å². The van der Waals surface area contributed by atoms with Crippen molar-refractivity contribution < 1.29 is 22.4 Å². The molecule has 148 valence electrons. The van der Waals surface area contributed by atoms with Gasteiger partial charge in [0.05, 0.1) is 19.4 Å². The van der Waals surface area contributed by atoms with Crippen LogP contribution in [-0.2, 0) is 23.0 Å². The van der Waals surface area contributed by atoms with Gasteiger partial charge in [-0.05, 0) is 25.7 Å². The van der Waals surface area contributed by atoms with Crippen molar-refractivity contribution in [2.24, 2.45) is 0 Å². The van der Waals surface area contributed by atoms with Gasteiger partial charge in [-0.2, -0.15) is 0 Å². The zero-order valence-corrected chi connectivity index (χ0v) is 16.5. The second kappa shape index (κ2) is 6.95. The minimum Gasteiger partial charge on any atom is -0.492 e. The maximum absolute atomic E-state index is 13.0. The predicted octanol–water partition coefficient (Wildman–Crippen LogP) is 2.03. The van der Waals surface area contributed by atoms with Crippen LogP contribution in [0.2, 0.25) is 0 Å². The molecule has 0 saturated carbocycles. The van der Waals surface area contributed by atoms with E-state index in [-0.39, 0.29) is 16.6 Å². The molecule has 0 unspecified atom stereocenters. The fourth-order valence-electron chi connectivity index (χ4n) is 3.18. The zero-order chi connectivity index (χ0) is 19.9. The number of aromatic nitrogens is 2. The van der Waals surface area contributed by atoms with Crippen LogP contribution in [0.1, 0.15) is 11.3 Å². The molecule has 0 fully saturated rings. The maximum Gasteiger partial charge on any atom is 0.266 e. The summed E-state index contributed by atoms with van der Waals surface area (Å²) in [5.41, 5.74) is 1.96. The predicted molar refractivity (Wildman–Crippen MR) is 102 cm³/mol. The number of hydrogen-bond donors (Lipinski definition) is 1. The lowest BCUT2D eigenvalue weighted by Crippen LogP contribution is -2.15. The third kappa shape index (κ3) is 3.25. The standard InChI is InChI=1S/C18H20N4O5S/c1-22(2)10-12-9-13-15(18(19-12)25-3)17(20-27-13)21-28(23,24)14-6-4-5-11-7-8-26-16(11)14/h4-6,9H,7-8,10H2,1-3H3,(H,20,21). The number of nitrogens with one attached hydrogen (secondary N) is 1. The lowest BCUT2D eigenvalue weighted by molar-refractivity contribution is 0.348. The molecule has 0 spiro atoms. The number of benzene rings is 1. The van der Waals surface area contributed by atoms with Gasteiger partial charge in [-0.15, -0.1) is 0 Å². The summed E-state index contributed by atoms with van der Waals surface area (Å²) >= 11 is 0. The van der Waals surface area contributed by atoms with Gasteiger partial charge in [0.25, 0.3) is 10.0 Å². The fourth-order valence-corrected chi connectivity index (χ4v) is 4.37. The van der Waals surface area contributed by atoms with Crippen LogP contribution < -0.4 is 14.2 Å². The summed E-state index contributed by atoms with van der Waals surface area (Å²) in [6.07, 6.45) is 0.679. The molecule has 2 aromatic heterocycles. The van der Waals surface area contributed by atoms with E-state index in [1.807, 2.05) is 25.1 Å². The van der Waals surface area contributed by atoms with Crippen molar-refractivity contribution in [3.63, 3.8) is 0 Å². The van der Waals surface area contributed by atoms with Crippen LogP contribution in [-0.4, -0.2) is 51.3 Å². The molecule has 4 rings (SSSR count). The van der Waals surface area contributed by atoms with Gasteiger partial charge < -0.3 is 18.9 Å². The van der Waals surface area contributed by atoms with Crippen LogP contribution in [0.5, 0.6) is 11.6 Å². The molecule has 0 atom stereocenters. The van der Waals surface area contributed by atoms with E-state index in [4.69, 9.17) is 14.0 Å². The Morgan fingerprint density at radius 3 is 2.89 bits per heavy atom. The average Bonchev–Trinajstić information content (AvgIpc) is 3.27. The molecule has 10 heteroatoms. The second-order valence-corrected chi connectivity index (χ2v) is 8.36. The van der Waals surface area contributed by atoms with E-state index < -0.39 is 10.0 Å². The monoisotopic (exact) mass is 404 g/mol. The first-order valence-corrected chi connectivity index (χ1v) is 10.1. The lowest BCUT2D eigenvalue weighted by Gasteiger charge is -2.11. The van der Waals surface area contributed by atoms with Crippen molar-refractivity contribution in [1.82, 2.24) is 15.0 Å². The Morgan fingerprint density at radius 2 is 2.14 bits per heavy atom. The molecule has 0 amide bonds. The molecule has 1 aliphatic heterocycles. The Balaban J connectivity index is 1.75. The smallest absolute Gasteiger partial charge is 0.266 e. The molecule has 3 aromatic rings. The molecule has 0 radical (unpaired) electrons. The number of rotatable bonds is 6. The largest absolute Gasteiger partial charge is 0.492 e. The second-order valence-electron chi connectivity index (χ2n) is 6.71.